The van der Waals surface area contributed by atoms with Crippen molar-refractivity contribution in [3.63, 3.8) is 0 Å². The summed E-state index contributed by atoms with van der Waals surface area (Å²) in [5.41, 5.74) is 11.8. The lowest BCUT2D eigenvalue weighted by atomic mass is 10.1. The molecule has 0 aromatic heterocycles. The van der Waals surface area contributed by atoms with Gasteiger partial charge in [0.15, 0.2) is 11.5 Å². The number of ether oxygens (including phenoxy) is 1. The van der Waals surface area contributed by atoms with Gasteiger partial charge in [-0.1, -0.05) is 0 Å². The molecule has 0 aliphatic heterocycles. The first kappa shape index (κ1) is 11.5. The number of hydrogen-bond donors (Lipinski definition) is 3. The highest BCUT2D eigenvalue weighted by molar-refractivity contribution is 14.1. The maximum atomic E-state index is 9.75. The summed E-state index contributed by atoms with van der Waals surface area (Å²) < 4.78 is 5.96. The van der Waals surface area contributed by atoms with Crippen molar-refractivity contribution >= 4 is 22.6 Å². The van der Waals surface area contributed by atoms with E-state index in [1.807, 2.05) is 0 Å². The maximum Gasteiger partial charge on any atom is 0.162 e. The van der Waals surface area contributed by atoms with Crippen molar-refractivity contribution in [1.82, 2.24) is 0 Å². The van der Waals surface area contributed by atoms with Crippen LogP contribution in [0.4, 0.5) is 0 Å². The van der Waals surface area contributed by atoms with E-state index in [1.54, 1.807) is 12.1 Å². The van der Waals surface area contributed by atoms with Gasteiger partial charge >= 0.3 is 0 Å². The molecule has 0 bridgehead atoms. The van der Waals surface area contributed by atoms with Crippen LogP contribution in [0.5, 0.6) is 11.5 Å². The van der Waals surface area contributed by atoms with Crippen LogP contribution in [-0.2, 0) is 0 Å². The van der Waals surface area contributed by atoms with Crippen LogP contribution >= 0.6 is 22.6 Å². The second-order valence-electron chi connectivity index (χ2n) is 2.89. The third kappa shape index (κ3) is 2.28. The molecule has 0 radical (unpaired) electrons. The Hall–Kier alpha value is -0.530. The summed E-state index contributed by atoms with van der Waals surface area (Å²) >= 11 is 2.13. The van der Waals surface area contributed by atoms with Gasteiger partial charge in [-0.05, 0) is 34.7 Å². The van der Waals surface area contributed by atoms with Gasteiger partial charge in [0.25, 0.3) is 0 Å². The summed E-state index contributed by atoms with van der Waals surface area (Å²) in [7, 11) is 1.50. The molecule has 0 heterocycles. The second kappa shape index (κ2) is 4.81. The number of phenolic OH excluding ortho intramolecular Hbond substituents is 1. The molecule has 14 heavy (non-hydrogen) atoms. The Morgan fingerprint density at radius 2 is 2.21 bits per heavy atom. The molecule has 0 aliphatic rings. The Morgan fingerprint density at radius 1 is 1.57 bits per heavy atom. The van der Waals surface area contributed by atoms with Gasteiger partial charge in [0.05, 0.1) is 7.11 Å². The number of aromatic hydroxyl groups is 1. The number of rotatable bonds is 3. The highest BCUT2D eigenvalue weighted by atomic mass is 127. The number of hydrogen-bond acceptors (Lipinski definition) is 4. The minimum atomic E-state index is -0.362. The van der Waals surface area contributed by atoms with E-state index in [4.69, 9.17) is 16.2 Å². The molecule has 78 valence electrons. The van der Waals surface area contributed by atoms with Gasteiger partial charge in [-0.3, -0.25) is 0 Å². The van der Waals surface area contributed by atoms with Crippen molar-refractivity contribution in [3.05, 3.63) is 21.3 Å². The van der Waals surface area contributed by atoms with E-state index < -0.39 is 0 Å². The van der Waals surface area contributed by atoms with Crippen LogP contribution in [0.3, 0.4) is 0 Å². The van der Waals surface area contributed by atoms with Gasteiger partial charge in [-0.2, -0.15) is 0 Å². The first-order valence-corrected chi connectivity index (χ1v) is 5.20. The van der Waals surface area contributed by atoms with Gasteiger partial charge in [-0.15, -0.1) is 0 Å². The van der Waals surface area contributed by atoms with Crippen molar-refractivity contribution in [2.45, 2.75) is 6.04 Å². The van der Waals surface area contributed by atoms with Crippen LogP contribution in [-0.4, -0.2) is 18.8 Å². The molecule has 0 saturated carbocycles. The first-order chi connectivity index (χ1) is 6.60. The van der Waals surface area contributed by atoms with E-state index in [0.29, 0.717) is 11.3 Å². The van der Waals surface area contributed by atoms with Gasteiger partial charge in [-0.25, -0.2) is 0 Å². The van der Waals surface area contributed by atoms with Crippen molar-refractivity contribution in [3.8, 4) is 11.5 Å². The quantitative estimate of drug-likeness (QED) is 0.727. The lowest BCUT2D eigenvalue weighted by Crippen LogP contribution is -2.21. The summed E-state index contributed by atoms with van der Waals surface area (Å²) in [5, 5.41) is 9.75. The number of halogens is 1. The molecule has 0 spiro atoms. The Labute approximate surface area is 96.4 Å². The van der Waals surface area contributed by atoms with Crippen LogP contribution in [0.15, 0.2) is 12.1 Å². The van der Waals surface area contributed by atoms with Crippen LogP contribution in [0.1, 0.15) is 11.6 Å². The van der Waals surface area contributed by atoms with E-state index in [0.717, 1.165) is 3.57 Å². The summed E-state index contributed by atoms with van der Waals surface area (Å²) in [6, 6.07) is 3.18. The predicted octanol–water partition coefficient (Wildman–Crippen LogP) is 0.964. The van der Waals surface area contributed by atoms with E-state index in [-0.39, 0.29) is 18.3 Å². The zero-order valence-electron chi connectivity index (χ0n) is 7.83. The van der Waals surface area contributed by atoms with Crippen molar-refractivity contribution in [2.75, 3.05) is 13.7 Å². The first-order valence-electron chi connectivity index (χ1n) is 4.12. The molecule has 0 aliphatic carbocycles. The lowest BCUT2D eigenvalue weighted by Gasteiger charge is -2.14. The molecule has 0 amide bonds. The van der Waals surface area contributed by atoms with Crippen molar-refractivity contribution in [2.24, 2.45) is 11.5 Å². The molecular weight excluding hydrogens is 295 g/mol. The smallest absolute Gasteiger partial charge is 0.162 e. The molecule has 0 fully saturated rings. The maximum absolute atomic E-state index is 9.75. The lowest BCUT2D eigenvalue weighted by molar-refractivity contribution is 0.368. The number of methoxy groups -OCH3 is 1. The fourth-order valence-electron chi connectivity index (χ4n) is 1.16. The summed E-state index contributed by atoms with van der Waals surface area (Å²) in [6.07, 6.45) is 0. The molecule has 1 rings (SSSR count). The Morgan fingerprint density at radius 3 is 2.71 bits per heavy atom. The summed E-state index contributed by atoms with van der Waals surface area (Å²) in [4.78, 5) is 0. The number of nitrogens with two attached hydrogens (primary N) is 2. The molecule has 1 aromatic carbocycles. The summed E-state index contributed by atoms with van der Waals surface area (Å²) in [6.45, 7) is 0.288. The third-order valence-corrected chi connectivity index (χ3v) is 2.57. The molecule has 0 saturated heterocycles. The number of phenols is 1. The third-order valence-electron chi connectivity index (χ3n) is 1.94. The van der Waals surface area contributed by atoms with Crippen molar-refractivity contribution < 1.29 is 9.84 Å². The molecule has 5 N–H and O–H groups in total. The normalized spacial score (nSPS) is 12.6. The predicted molar refractivity (Wildman–Crippen MR) is 63.4 cm³/mol. The number of benzene rings is 1. The summed E-state index contributed by atoms with van der Waals surface area (Å²) in [5.74, 6) is 0.502. The van der Waals surface area contributed by atoms with E-state index in [2.05, 4.69) is 22.6 Å². The molecule has 4 nitrogen and oxygen atoms in total. The standard InChI is InChI=1S/C9H13IN2O2/c1-14-8-3-5(10)2-6(9(8)13)7(12)4-11/h2-3,7,13H,4,11-12H2,1H3. The SMILES string of the molecule is COc1cc(I)cc(C(N)CN)c1O. The van der Waals surface area contributed by atoms with Gasteiger partial charge in [0, 0.05) is 21.7 Å². The van der Waals surface area contributed by atoms with E-state index in [9.17, 15) is 5.11 Å². The molecule has 5 heteroatoms. The fourth-order valence-corrected chi connectivity index (χ4v) is 1.78. The van der Waals surface area contributed by atoms with Crippen LogP contribution in [0, 0.1) is 3.57 Å². The topological polar surface area (TPSA) is 81.5 Å². The Bertz CT molecular complexity index is 331. The molecule has 1 unspecified atom stereocenters. The molecule has 1 atom stereocenters. The zero-order valence-corrected chi connectivity index (χ0v) is 9.98. The van der Waals surface area contributed by atoms with Gasteiger partial charge in [0.2, 0.25) is 0 Å². The van der Waals surface area contributed by atoms with Crippen molar-refractivity contribution in [1.29, 1.82) is 0 Å². The van der Waals surface area contributed by atoms with Crippen LogP contribution in [0.25, 0.3) is 0 Å². The zero-order chi connectivity index (χ0) is 10.7. The monoisotopic (exact) mass is 308 g/mol. The van der Waals surface area contributed by atoms with E-state index in [1.165, 1.54) is 7.11 Å². The van der Waals surface area contributed by atoms with Gasteiger partial charge < -0.3 is 21.3 Å². The Balaban J connectivity index is 3.21. The highest BCUT2D eigenvalue weighted by Gasteiger charge is 2.14. The largest absolute Gasteiger partial charge is 0.504 e. The molecular formula is C9H13IN2O2. The minimum Gasteiger partial charge on any atom is -0.504 e. The van der Waals surface area contributed by atoms with Crippen LogP contribution < -0.4 is 16.2 Å². The van der Waals surface area contributed by atoms with Gasteiger partial charge in [0.1, 0.15) is 0 Å². The van der Waals surface area contributed by atoms with Crippen LogP contribution in [0.2, 0.25) is 0 Å². The van der Waals surface area contributed by atoms with E-state index >= 15 is 0 Å². The average Bonchev–Trinajstić information content (AvgIpc) is 2.19. The highest BCUT2D eigenvalue weighted by Crippen LogP contribution is 2.34. The second-order valence-corrected chi connectivity index (χ2v) is 4.13. The molecule has 1 aromatic rings. The average molecular weight is 308 g/mol. The Kier molecular flexibility index (Phi) is 3.97. The minimum absolute atomic E-state index is 0.0749. The fraction of sp³-hybridized carbons (Fsp3) is 0.333.